The maximum atomic E-state index is 6.34. The second kappa shape index (κ2) is 5.06. The lowest BCUT2D eigenvalue weighted by molar-refractivity contribution is -0.182. The van der Waals surface area contributed by atoms with Gasteiger partial charge in [0.15, 0.2) is 0 Å². The summed E-state index contributed by atoms with van der Waals surface area (Å²) in [5.74, 6) is 0. The SMILES string of the molecule is CC(C)(C)COC(C)(C)C(C)(C)C(C)(C)C(C)(C)C. The van der Waals surface area contributed by atoms with Crippen LogP contribution in [0.25, 0.3) is 0 Å². The molecule has 0 saturated heterocycles. The van der Waals surface area contributed by atoms with Crippen molar-refractivity contribution in [1.29, 1.82) is 0 Å². The molecule has 0 heterocycles. The zero-order valence-corrected chi connectivity index (χ0v) is 15.6. The van der Waals surface area contributed by atoms with Crippen LogP contribution in [0, 0.1) is 21.7 Å². The number of ether oxygens (including phenoxy) is 1. The first-order valence-electron chi connectivity index (χ1n) is 7.60. The van der Waals surface area contributed by atoms with Gasteiger partial charge in [0, 0.05) is 0 Å². The molecule has 0 atom stereocenters. The fourth-order valence-corrected chi connectivity index (χ4v) is 2.27. The Morgan fingerprint density at radius 1 is 0.579 bits per heavy atom. The Labute approximate surface area is 122 Å². The average molecular weight is 271 g/mol. The molecule has 0 saturated carbocycles. The van der Waals surface area contributed by atoms with Gasteiger partial charge in [-0.3, -0.25) is 0 Å². The lowest BCUT2D eigenvalue weighted by Gasteiger charge is -2.57. The van der Waals surface area contributed by atoms with Crippen molar-refractivity contribution in [3.63, 3.8) is 0 Å². The zero-order valence-electron chi connectivity index (χ0n) is 15.6. The van der Waals surface area contributed by atoms with E-state index in [1.807, 2.05) is 0 Å². The molecule has 1 nitrogen and oxygen atoms in total. The molecule has 0 N–H and O–H groups in total. The van der Waals surface area contributed by atoms with E-state index in [-0.39, 0.29) is 27.3 Å². The van der Waals surface area contributed by atoms with E-state index in [2.05, 4.69) is 83.1 Å². The Kier molecular flexibility index (Phi) is 5.05. The van der Waals surface area contributed by atoms with Crippen molar-refractivity contribution in [3.05, 3.63) is 0 Å². The van der Waals surface area contributed by atoms with Gasteiger partial charge >= 0.3 is 0 Å². The van der Waals surface area contributed by atoms with Crippen molar-refractivity contribution >= 4 is 0 Å². The molecule has 0 unspecified atom stereocenters. The predicted octanol–water partition coefficient (Wildman–Crippen LogP) is 5.93. The summed E-state index contributed by atoms with van der Waals surface area (Å²) < 4.78 is 6.34. The van der Waals surface area contributed by atoms with E-state index < -0.39 is 0 Å². The van der Waals surface area contributed by atoms with Crippen LogP contribution in [0.3, 0.4) is 0 Å². The van der Waals surface area contributed by atoms with Crippen LogP contribution >= 0.6 is 0 Å². The summed E-state index contributed by atoms with van der Waals surface area (Å²) in [6.45, 7) is 28.4. The maximum absolute atomic E-state index is 6.34. The minimum Gasteiger partial charge on any atom is -0.374 e. The second-order valence-corrected chi connectivity index (χ2v) is 9.86. The molecule has 0 aromatic heterocycles. The van der Waals surface area contributed by atoms with Crippen molar-refractivity contribution in [2.75, 3.05) is 6.61 Å². The highest BCUT2D eigenvalue weighted by molar-refractivity contribution is 5.02. The van der Waals surface area contributed by atoms with Crippen molar-refractivity contribution < 1.29 is 4.74 Å². The Morgan fingerprint density at radius 2 is 0.947 bits per heavy atom. The summed E-state index contributed by atoms with van der Waals surface area (Å²) >= 11 is 0. The molecular weight excluding hydrogens is 232 g/mol. The van der Waals surface area contributed by atoms with Crippen molar-refractivity contribution in [3.8, 4) is 0 Å². The number of rotatable bonds is 4. The van der Waals surface area contributed by atoms with Gasteiger partial charge in [0.05, 0.1) is 12.2 Å². The summed E-state index contributed by atoms with van der Waals surface area (Å²) in [6, 6.07) is 0. The quantitative estimate of drug-likeness (QED) is 0.615. The predicted molar refractivity (Wildman–Crippen MR) is 86.5 cm³/mol. The van der Waals surface area contributed by atoms with Gasteiger partial charge in [-0.05, 0) is 35.5 Å². The molecule has 19 heavy (non-hydrogen) atoms. The largest absolute Gasteiger partial charge is 0.374 e. The standard InChI is InChI=1S/C18H38O/c1-14(2,3)13-19-18(11,12)17(9,10)16(7,8)15(4,5)6/h13H2,1-12H3. The van der Waals surface area contributed by atoms with E-state index in [4.69, 9.17) is 4.74 Å². The van der Waals surface area contributed by atoms with Gasteiger partial charge in [0.25, 0.3) is 0 Å². The van der Waals surface area contributed by atoms with Crippen LogP contribution in [-0.2, 0) is 4.74 Å². The lowest BCUT2D eigenvalue weighted by Crippen LogP contribution is -2.55. The molecule has 0 rings (SSSR count). The van der Waals surface area contributed by atoms with E-state index in [1.54, 1.807) is 0 Å². The van der Waals surface area contributed by atoms with E-state index in [0.717, 1.165) is 6.61 Å². The highest BCUT2D eigenvalue weighted by atomic mass is 16.5. The molecule has 0 aromatic rings. The van der Waals surface area contributed by atoms with Gasteiger partial charge in [0.2, 0.25) is 0 Å². The molecule has 0 fully saturated rings. The van der Waals surface area contributed by atoms with Gasteiger partial charge in [-0.2, -0.15) is 0 Å². The Balaban J connectivity index is 5.28. The fourth-order valence-electron chi connectivity index (χ4n) is 2.27. The Bertz CT molecular complexity index is 295. The zero-order chi connectivity index (χ0) is 15.9. The molecule has 0 spiro atoms. The topological polar surface area (TPSA) is 9.23 Å². The lowest BCUT2D eigenvalue weighted by atomic mass is 9.51. The van der Waals surface area contributed by atoms with Crippen molar-refractivity contribution in [1.82, 2.24) is 0 Å². The minimum absolute atomic E-state index is 0.0729. The highest BCUT2D eigenvalue weighted by Gasteiger charge is 2.53. The first-order valence-corrected chi connectivity index (χ1v) is 7.60. The van der Waals surface area contributed by atoms with Crippen LogP contribution in [0.1, 0.15) is 83.1 Å². The van der Waals surface area contributed by atoms with Gasteiger partial charge < -0.3 is 4.74 Å². The first-order chi connectivity index (χ1) is 7.96. The third-order valence-corrected chi connectivity index (χ3v) is 5.81. The molecule has 0 bridgehead atoms. The average Bonchev–Trinajstić information content (AvgIpc) is 2.11. The number of hydrogen-bond acceptors (Lipinski definition) is 1. The Morgan fingerprint density at radius 3 is 1.21 bits per heavy atom. The molecule has 0 aliphatic carbocycles. The van der Waals surface area contributed by atoms with Gasteiger partial charge in [-0.1, -0.05) is 69.2 Å². The summed E-state index contributed by atoms with van der Waals surface area (Å²) in [4.78, 5) is 0. The van der Waals surface area contributed by atoms with E-state index >= 15 is 0 Å². The normalized spacial score (nSPS) is 15.8. The van der Waals surface area contributed by atoms with Crippen LogP contribution in [0.4, 0.5) is 0 Å². The first kappa shape index (κ1) is 19.0. The minimum atomic E-state index is -0.156. The highest BCUT2D eigenvalue weighted by Crippen LogP contribution is 2.56. The maximum Gasteiger partial charge on any atom is 0.0682 e. The van der Waals surface area contributed by atoms with Crippen molar-refractivity contribution in [2.24, 2.45) is 21.7 Å². The van der Waals surface area contributed by atoms with Gasteiger partial charge in [-0.25, -0.2) is 0 Å². The molecule has 0 aliphatic heterocycles. The van der Waals surface area contributed by atoms with E-state index in [9.17, 15) is 0 Å². The molecule has 0 radical (unpaired) electrons. The molecule has 0 aliphatic rings. The molecular formula is C18H38O. The fraction of sp³-hybridized carbons (Fsp3) is 1.00. The monoisotopic (exact) mass is 270 g/mol. The summed E-state index contributed by atoms with van der Waals surface area (Å²) in [5, 5.41) is 0. The van der Waals surface area contributed by atoms with Crippen LogP contribution in [0.2, 0.25) is 0 Å². The summed E-state index contributed by atoms with van der Waals surface area (Å²) in [5.41, 5.74) is 0.528. The summed E-state index contributed by atoms with van der Waals surface area (Å²) in [7, 11) is 0. The third-order valence-electron chi connectivity index (χ3n) is 5.81. The smallest absolute Gasteiger partial charge is 0.0682 e. The van der Waals surface area contributed by atoms with E-state index in [1.165, 1.54) is 0 Å². The number of hydrogen-bond donors (Lipinski definition) is 0. The second-order valence-electron chi connectivity index (χ2n) is 9.86. The van der Waals surface area contributed by atoms with Crippen LogP contribution in [0.15, 0.2) is 0 Å². The van der Waals surface area contributed by atoms with Crippen molar-refractivity contribution in [2.45, 2.75) is 88.7 Å². The van der Waals surface area contributed by atoms with Crippen LogP contribution in [-0.4, -0.2) is 12.2 Å². The van der Waals surface area contributed by atoms with Crippen LogP contribution < -0.4 is 0 Å². The van der Waals surface area contributed by atoms with Crippen LogP contribution in [0.5, 0.6) is 0 Å². The molecule has 0 aromatic carbocycles. The van der Waals surface area contributed by atoms with Gasteiger partial charge in [-0.15, -0.1) is 0 Å². The molecule has 1 heteroatoms. The molecule has 0 amide bonds. The third kappa shape index (κ3) is 3.97. The van der Waals surface area contributed by atoms with Gasteiger partial charge in [0.1, 0.15) is 0 Å². The molecule has 116 valence electrons. The Hall–Kier alpha value is -0.0400. The van der Waals surface area contributed by atoms with E-state index in [0.29, 0.717) is 0 Å². The summed E-state index contributed by atoms with van der Waals surface area (Å²) in [6.07, 6.45) is 0.